The molecule has 1 aliphatic rings. The van der Waals surface area contributed by atoms with Gasteiger partial charge in [-0.1, -0.05) is 6.92 Å². The Balaban J connectivity index is 2.07. The molecule has 1 saturated heterocycles. The summed E-state index contributed by atoms with van der Waals surface area (Å²) in [6.45, 7) is 10.5. The maximum absolute atomic E-state index is 5.54. The van der Waals surface area contributed by atoms with Crippen LogP contribution in [0.15, 0.2) is 0 Å². The molecule has 1 atom stereocenters. The Morgan fingerprint density at radius 1 is 1.43 bits per heavy atom. The molecule has 0 spiro atoms. The van der Waals surface area contributed by atoms with Crippen LogP contribution in [-0.4, -0.2) is 37.9 Å². The molecule has 14 heavy (non-hydrogen) atoms. The maximum atomic E-state index is 5.54. The smallest absolute Gasteiger partial charge is 0.0700 e. The molecule has 3 nitrogen and oxygen atoms in total. The average molecular weight is 200 g/mol. The molecule has 1 unspecified atom stereocenters. The van der Waals surface area contributed by atoms with Crippen LogP contribution >= 0.6 is 0 Å². The Morgan fingerprint density at radius 3 is 2.79 bits per heavy atom. The van der Waals surface area contributed by atoms with Crippen LogP contribution in [0, 0.1) is 0 Å². The molecule has 3 heteroatoms. The third-order valence-corrected chi connectivity index (χ3v) is 2.62. The highest BCUT2D eigenvalue weighted by Gasteiger charge is 2.18. The van der Waals surface area contributed by atoms with E-state index in [2.05, 4.69) is 31.4 Å². The number of ether oxygens (including phenoxy) is 1. The summed E-state index contributed by atoms with van der Waals surface area (Å²) in [7, 11) is 0. The van der Waals surface area contributed by atoms with Crippen molar-refractivity contribution in [2.75, 3.05) is 26.2 Å². The largest absolute Gasteiger partial charge is 0.377 e. The van der Waals surface area contributed by atoms with Crippen molar-refractivity contribution >= 4 is 0 Å². The van der Waals surface area contributed by atoms with E-state index >= 15 is 0 Å². The Morgan fingerprint density at radius 2 is 2.21 bits per heavy atom. The quantitative estimate of drug-likeness (QED) is 0.674. The van der Waals surface area contributed by atoms with Gasteiger partial charge in [0.15, 0.2) is 0 Å². The third kappa shape index (κ3) is 4.40. The van der Waals surface area contributed by atoms with Crippen molar-refractivity contribution in [2.45, 2.75) is 45.3 Å². The van der Waals surface area contributed by atoms with E-state index in [1.54, 1.807) is 0 Å². The normalized spacial score (nSPS) is 22.9. The van der Waals surface area contributed by atoms with Crippen molar-refractivity contribution < 1.29 is 4.74 Å². The van der Waals surface area contributed by atoms with E-state index in [1.165, 1.54) is 12.8 Å². The Hall–Kier alpha value is -0.120. The Kier molecular flexibility index (Phi) is 4.85. The van der Waals surface area contributed by atoms with Crippen LogP contribution in [-0.2, 0) is 4.74 Å². The minimum absolute atomic E-state index is 0.188. The monoisotopic (exact) mass is 200 g/mol. The summed E-state index contributed by atoms with van der Waals surface area (Å²) >= 11 is 0. The molecular formula is C11H24N2O. The first-order valence-electron chi connectivity index (χ1n) is 5.71. The van der Waals surface area contributed by atoms with E-state index in [1.807, 2.05) is 0 Å². The topological polar surface area (TPSA) is 33.3 Å². The zero-order valence-corrected chi connectivity index (χ0v) is 9.73. The summed E-state index contributed by atoms with van der Waals surface area (Å²) in [5.74, 6) is 0. The van der Waals surface area contributed by atoms with Crippen LogP contribution in [0.4, 0.5) is 0 Å². The molecule has 1 rings (SSSR count). The molecule has 0 radical (unpaired) electrons. The molecule has 0 aromatic rings. The van der Waals surface area contributed by atoms with E-state index < -0.39 is 0 Å². The number of hydrogen-bond acceptors (Lipinski definition) is 3. The van der Waals surface area contributed by atoms with Gasteiger partial charge in [0.1, 0.15) is 0 Å². The second kappa shape index (κ2) is 5.69. The fraction of sp³-hybridized carbons (Fsp3) is 1.00. The van der Waals surface area contributed by atoms with Crippen LogP contribution < -0.4 is 10.6 Å². The van der Waals surface area contributed by atoms with Gasteiger partial charge in [-0.25, -0.2) is 0 Å². The SMILES string of the molecule is CCNC(C)(C)CNCC1CCCO1. The average Bonchev–Trinajstić information content (AvgIpc) is 2.56. The van der Waals surface area contributed by atoms with Gasteiger partial charge in [0.25, 0.3) is 0 Å². The first kappa shape index (κ1) is 12.0. The van der Waals surface area contributed by atoms with Crippen molar-refractivity contribution in [3.05, 3.63) is 0 Å². The first-order valence-corrected chi connectivity index (χ1v) is 5.71. The molecule has 0 aromatic carbocycles. The molecule has 0 saturated carbocycles. The lowest BCUT2D eigenvalue weighted by Crippen LogP contribution is -2.48. The second-order valence-electron chi connectivity index (χ2n) is 4.68. The highest BCUT2D eigenvalue weighted by molar-refractivity contribution is 4.80. The predicted molar refractivity (Wildman–Crippen MR) is 59.6 cm³/mol. The minimum Gasteiger partial charge on any atom is -0.377 e. The molecule has 1 aliphatic heterocycles. The van der Waals surface area contributed by atoms with Crippen molar-refractivity contribution in [1.82, 2.24) is 10.6 Å². The Bertz CT molecular complexity index is 153. The van der Waals surface area contributed by atoms with Gasteiger partial charge < -0.3 is 15.4 Å². The van der Waals surface area contributed by atoms with Crippen LogP contribution in [0.5, 0.6) is 0 Å². The summed E-state index contributed by atoms with van der Waals surface area (Å²) in [5.41, 5.74) is 0.188. The van der Waals surface area contributed by atoms with Crippen LogP contribution in [0.25, 0.3) is 0 Å². The fourth-order valence-corrected chi connectivity index (χ4v) is 1.89. The number of likely N-dealkylation sites (N-methyl/N-ethyl adjacent to an activating group) is 1. The predicted octanol–water partition coefficient (Wildman–Crippen LogP) is 1.14. The summed E-state index contributed by atoms with van der Waals surface area (Å²) in [4.78, 5) is 0. The fourth-order valence-electron chi connectivity index (χ4n) is 1.89. The van der Waals surface area contributed by atoms with Crippen LogP contribution in [0.1, 0.15) is 33.6 Å². The highest BCUT2D eigenvalue weighted by Crippen LogP contribution is 2.10. The lowest BCUT2D eigenvalue weighted by molar-refractivity contribution is 0.108. The maximum Gasteiger partial charge on any atom is 0.0700 e. The van der Waals surface area contributed by atoms with Crippen LogP contribution in [0.2, 0.25) is 0 Å². The molecule has 1 fully saturated rings. The molecule has 0 aliphatic carbocycles. The van der Waals surface area contributed by atoms with Crippen molar-refractivity contribution in [1.29, 1.82) is 0 Å². The summed E-state index contributed by atoms with van der Waals surface area (Å²) < 4.78 is 5.54. The van der Waals surface area contributed by atoms with E-state index in [9.17, 15) is 0 Å². The summed E-state index contributed by atoms with van der Waals surface area (Å²) in [6, 6.07) is 0. The van der Waals surface area contributed by atoms with Gasteiger partial charge in [-0.15, -0.1) is 0 Å². The Labute approximate surface area is 87.6 Å². The van der Waals surface area contributed by atoms with E-state index in [-0.39, 0.29) is 5.54 Å². The number of nitrogens with one attached hydrogen (secondary N) is 2. The van der Waals surface area contributed by atoms with Gasteiger partial charge in [-0.3, -0.25) is 0 Å². The molecule has 84 valence electrons. The van der Waals surface area contributed by atoms with Crippen molar-refractivity contribution in [3.63, 3.8) is 0 Å². The summed E-state index contributed by atoms with van der Waals surface area (Å²) in [6.07, 6.45) is 2.89. The first-order chi connectivity index (χ1) is 6.64. The van der Waals surface area contributed by atoms with E-state index in [0.29, 0.717) is 6.10 Å². The zero-order chi connectivity index (χ0) is 10.4. The molecule has 0 amide bonds. The van der Waals surface area contributed by atoms with Gasteiger partial charge in [-0.2, -0.15) is 0 Å². The summed E-state index contributed by atoms with van der Waals surface area (Å²) in [5, 5.41) is 6.91. The van der Waals surface area contributed by atoms with E-state index in [4.69, 9.17) is 4.74 Å². The van der Waals surface area contributed by atoms with Gasteiger partial charge >= 0.3 is 0 Å². The second-order valence-corrected chi connectivity index (χ2v) is 4.68. The number of rotatable bonds is 6. The standard InChI is InChI=1S/C11H24N2O/c1-4-13-11(2,3)9-12-8-10-6-5-7-14-10/h10,12-13H,4-9H2,1-3H3. The minimum atomic E-state index is 0.188. The van der Waals surface area contributed by atoms with Crippen molar-refractivity contribution in [2.24, 2.45) is 0 Å². The lowest BCUT2D eigenvalue weighted by Gasteiger charge is -2.26. The molecule has 1 heterocycles. The van der Waals surface area contributed by atoms with E-state index in [0.717, 1.165) is 26.2 Å². The van der Waals surface area contributed by atoms with Crippen molar-refractivity contribution in [3.8, 4) is 0 Å². The van der Waals surface area contributed by atoms with Gasteiger partial charge in [0, 0.05) is 25.2 Å². The molecule has 0 aromatic heterocycles. The number of hydrogen-bond donors (Lipinski definition) is 2. The van der Waals surface area contributed by atoms with Gasteiger partial charge in [-0.05, 0) is 33.2 Å². The zero-order valence-electron chi connectivity index (χ0n) is 9.73. The van der Waals surface area contributed by atoms with Gasteiger partial charge in [0.05, 0.1) is 6.10 Å². The molecule has 0 bridgehead atoms. The third-order valence-electron chi connectivity index (χ3n) is 2.62. The lowest BCUT2D eigenvalue weighted by atomic mass is 10.1. The van der Waals surface area contributed by atoms with Crippen LogP contribution in [0.3, 0.4) is 0 Å². The molecule has 2 N–H and O–H groups in total. The highest BCUT2D eigenvalue weighted by atomic mass is 16.5. The molecular weight excluding hydrogens is 176 g/mol. The van der Waals surface area contributed by atoms with Gasteiger partial charge in [0.2, 0.25) is 0 Å².